The van der Waals surface area contributed by atoms with E-state index in [4.69, 9.17) is 23.6 Å². The van der Waals surface area contributed by atoms with Gasteiger partial charge < -0.3 is 18.6 Å². The molecule has 0 fully saturated rings. The standard InChI is InChI=1S/C21H40N2O5Si/c1-10-14-16(28-29(8,9)20(5,6)7)21(19(24)27-13-4)18(26-12-3)22-15-17(23-21)25-11-2/h16H,10-15H2,1-9H3/t16-,21-/m0/s1. The van der Waals surface area contributed by atoms with Gasteiger partial charge in [0.2, 0.25) is 11.8 Å². The third-order valence-corrected chi connectivity index (χ3v) is 9.91. The van der Waals surface area contributed by atoms with E-state index in [2.05, 4.69) is 45.8 Å². The van der Waals surface area contributed by atoms with Crippen LogP contribution in [0.15, 0.2) is 9.98 Å². The van der Waals surface area contributed by atoms with E-state index in [0.29, 0.717) is 25.5 Å². The molecule has 0 aliphatic carbocycles. The molecule has 0 bridgehead atoms. The van der Waals surface area contributed by atoms with Crippen LogP contribution in [-0.4, -0.2) is 64.1 Å². The minimum absolute atomic E-state index is 0.0289. The van der Waals surface area contributed by atoms with Crippen molar-refractivity contribution in [3.05, 3.63) is 0 Å². The fraction of sp³-hybridized carbons (Fsp3) is 0.857. The molecule has 0 saturated heterocycles. The molecule has 0 amide bonds. The largest absolute Gasteiger partial charge is 0.480 e. The highest BCUT2D eigenvalue weighted by Gasteiger charge is 2.58. The normalized spacial score (nSPS) is 21.1. The number of carbonyl (C=O) groups excluding carboxylic acids is 1. The molecule has 0 aromatic rings. The van der Waals surface area contributed by atoms with Crippen LogP contribution >= 0.6 is 0 Å². The summed E-state index contributed by atoms with van der Waals surface area (Å²) >= 11 is 0. The molecule has 1 aliphatic rings. The highest BCUT2D eigenvalue weighted by molar-refractivity contribution is 6.74. The molecular formula is C21H40N2O5Si. The van der Waals surface area contributed by atoms with Crippen molar-refractivity contribution in [2.75, 3.05) is 26.4 Å². The van der Waals surface area contributed by atoms with Gasteiger partial charge in [0.15, 0.2) is 8.32 Å². The van der Waals surface area contributed by atoms with E-state index in [1.165, 1.54) is 0 Å². The molecule has 0 spiro atoms. The van der Waals surface area contributed by atoms with Crippen LogP contribution in [0.3, 0.4) is 0 Å². The van der Waals surface area contributed by atoms with Gasteiger partial charge >= 0.3 is 5.97 Å². The monoisotopic (exact) mass is 428 g/mol. The van der Waals surface area contributed by atoms with Crippen molar-refractivity contribution in [3.8, 4) is 0 Å². The first kappa shape index (κ1) is 25.6. The molecule has 0 radical (unpaired) electrons. The number of nitrogens with zero attached hydrogens (tertiary/aromatic N) is 2. The van der Waals surface area contributed by atoms with E-state index < -0.39 is 25.9 Å². The molecule has 1 rings (SSSR count). The lowest BCUT2D eigenvalue weighted by Gasteiger charge is -2.44. The Balaban J connectivity index is 3.63. The average Bonchev–Trinajstić information content (AvgIpc) is 2.62. The van der Waals surface area contributed by atoms with Gasteiger partial charge in [0.25, 0.3) is 5.54 Å². The molecule has 1 aliphatic heterocycles. The van der Waals surface area contributed by atoms with Crippen LogP contribution < -0.4 is 0 Å². The van der Waals surface area contributed by atoms with Crippen molar-refractivity contribution >= 4 is 26.1 Å². The maximum absolute atomic E-state index is 13.4. The molecule has 7 nitrogen and oxygen atoms in total. The number of esters is 1. The molecule has 2 atom stereocenters. The number of hydrogen-bond donors (Lipinski definition) is 0. The van der Waals surface area contributed by atoms with Gasteiger partial charge in [-0.05, 0) is 45.3 Å². The van der Waals surface area contributed by atoms with Gasteiger partial charge in [-0.25, -0.2) is 14.8 Å². The highest BCUT2D eigenvalue weighted by atomic mass is 28.4. The third kappa shape index (κ3) is 5.81. The second kappa shape index (κ2) is 10.6. The summed E-state index contributed by atoms with van der Waals surface area (Å²) < 4.78 is 23.8. The van der Waals surface area contributed by atoms with Gasteiger partial charge in [-0.3, -0.25) is 0 Å². The SMILES string of the molecule is CCC[C@H](O[Si](C)(C)C(C)(C)C)[C@]1(C(=O)OCC)N=C(OCC)CN=C1OCC. The first-order valence-electron chi connectivity index (χ1n) is 10.7. The fourth-order valence-electron chi connectivity index (χ4n) is 2.94. The van der Waals surface area contributed by atoms with Crippen molar-refractivity contribution in [2.45, 2.75) is 91.1 Å². The summed E-state index contributed by atoms with van der Waals surface area (Å²) in [5, 5.41) is -0.0289. The van der Waals surface area contributed by atoms with Gasteiger partial charge in [-0.2, -0.15) is 0 Å². The Kier molecular flexibility index (Phi) is 9.34. The van der Waals surface area contributed by atoms with E-state index >= 15 is 0 Å². The summed E-state index contributed by atoms with van der Waals surface area (Å²) in [6.07, 6.45) is 0.896. The quantitative estimate of drug-likeness (QED) is 0.403. The molecule has 0 unspecified atom stereocenters. The number of hydrogen-bond acceptors (Lipinski definition) is 7. The minimum atomic E-state index is -2.23. The summed E-state index contributed by atoms with van der Waals surface area (Å²) in [5.74, 6) is 0.171. The molecule has 0 N–H and O–H groups in total. The molecule has 0 saturated carbocycles. The van der Waals surface area contributed by atoms with E-state index in [1.54, 1.807) is 6.92 Å². The molecule has 0 aromatic carbocycles. The van der Waals surface area contributed by atoms with E-state index in [-0.39, 0.29) is 24.1 Å². The smallest absolute Gasteiger partial charge is 0.346 e. The lowest BCUT2D eigenvalue weighted by Crippen LogP contribution is -2.62. The second-order valence-electron chi connectivity index (χ2n) is 8.64. The maximum Gasteiger partial charge on any atom is 0.346 e. The van der Waals surface area contributed by atoms with Crippen LogP contribution in [0.2, 0.25) is 18.1 Å². The van der Waals surface area contributed by atoms with Gasteiger partial charge in [-0.15, -0.1) is 0 Å². The summed E-state index contributed by atoms with van der Waals surface area (Å²) in [6, 6.07) is 0. The molecule has 0 aromatic heterocycles. The summed E-state index contributed by atoms with van der Waals surface area (Å²) in [5.41, 5.74) is -1.49. The molecule has 168 valence electrons. The predicted molar refractivity (Wildman–Crippen MR) is 119 cm³/mol. The second-order valence-corrected chi connectivity index (χ2v) is 13.4. The summed E-state index contributed by atoms with van der Waals surface area (Å²) in [4.78, 5) is 22.7. The lowest BCUT2D eigenvalue weighted by atomic mass is 9.88. The zero-order valence-corrected chi connectivity index (χ0v) is 20.8. The van der Waals surface area contributed by atoms with Gasteiger partial charge in [0.1, 0.15) is 6.54 Å². The van der Waals surface area contributed by atoms with Gasteiger partial charge in [-0.1, -0.05) is 34.1 Å². The first-order valence-corrected chi connectivity index (χ1v) is 13.6. The predicted octanol–water partition coefficient (Wildman–Crippen LogP) is 4.36. The van der Waals surface area contributed by atoms with Crippen LogP contribution in [0.5, 0.6) is 0 Å². The summed E-state index contributed by atoms with van der Waals surface area (Å²) in [6.45, 7) is 19.7. The lowest BCUT2D eigenvalue weighted by molar-refractivity contribution is -0.151. The van der Waals surface area contributed by atoms with Crippen molar-refractivity contribution in [1.29, 1.82) is 0 Å². The molecule has 1 heterocycles. The highest BCUT2D eigenvalue weighted by Crippen LogP contribution is 2.41. The Hall–Kier alpha value is -1.41. The number of carbonyl (C=O) groups is 1. The zero-order chi connectivity index (χ0) is 22.3. The zero-order valence-electron chi connectivity index (χ0n) is 19.8. The van der Waals surface area contributed by atoms with Crippen LogP contribution in [0.1, 0.15) is 61.3 Å². The van der Waals surface area contributed by atoms with Crippen molar-refractivity contribution in [2.24, 2.45) is 9.98 Å². The Bertz CT molecular complexity index is 613. The number of ether oxygens (including phenoxy) is 3. The molecule has 29 heavy (non-hydrogen) atoms. The topological polar surface area (TPSA) is 78.7 Å². The third-order valence-electron chi connectivity index (χ3n) is 5.42. The Morgan fingerprint density at radius 3 is 2.21 bits per heavy atom. The van der Waals surface area contributed by atoms with E-state index in [9.17, 15) is 4.79 Å². The Morgan fingerprint density at radius 1 is 1.10 bits per heavy atom. The number of rotatable bonds is 9. The van der Waals surface area contributed by atoms with Crippen LogP contribution in [0, 0.1) is 0 Å². The van der Waals surface area contributed by atoms with E-state index in [0.717, 1.165) is 6.42 Å². The maximum atomic E-state index is 13.4. The van der Waals surface area contributed by atoms with Gasteiger partial charge in [0, 0.05) is 0 Å². The molecular weight excluding hydrogens is 388 g/mol. The van der Waals surface area contributed by atoms with Gasteiger partial charge in [0.05, 0.1) is 25.9 Å². The average molecular weight is 429 g/mol. The van der Waals surface area contributed by atoms with Crippen molar-refractivity contribution in [3.63, 3.8) is 0 Å². The Labute approximate surface area is 177 Å². The Morgan fingerprint density at radius 2 is 1.72 bits per heavy atom. The number of aliphatic imine (C=N–C) groups is 2. The van der Waals surface area contributed by atoms with Crippen molar-refractivity contribution in [1.82, 2.24) is 0 Å². The first-order chi connectivity index (χ1) is 13.5. The van der Waals surface area contributed by atoms with Crippen LogP contribution in [-0.2, 0) is 23.4 Å². The van der Waals surface area contributed by atoms with Crippen molar-refractivity contribution < 1.29 is 23.4 Å². The fourth-order valence-corrected chi connectivity index (χ4v) is 4.29. The molecule has 8 heteroatoms. The van der Waals surface area contributed by atoms with Crippen LogP contribution in [0.4, 0.5) is 0 Å². The van der Waals surface area contributed by atoms with Crippen LogP contribution in [0.25, 0.3) is 0 Å². The summed E-state index contributed by atoms with van der Waals surface area (Å²) in [7, 11) is -2.23. The minimum Gasteiger partial charge on any atom is -0.480 e. The van der Waals surface area contributed by atoms with E-state index in [1.807, 2.05) is 13.8 Å².